The minimum absolute atomic E-state index is 0.0199. The van der Waals surface area contributed by atoms with Crippen LogP contribution in [0, 0.1) is 0 Å². The third-order valence-corrected chi connectivity index (χ3v) is 3.32. The van der Waals surface area contributed by atoms with Gasteiger partial charge in [-0.1, -0.05) is 18.2 Å². The Morgan fingerprint density at radius 1 is 1.26 bits per heavy atom. The molecular formula is C11H12N2O5S. The van der Waals surface area contributed by atoms with Crippen LogP contribution in [-0.2, 0) is 14.9 Å². The first-order chi connectivity index (χ1) is 8.88. The molecule has 0 aliphatic carbocycles. The third-order valence-electron chi connectivity index (χ3n) is 2.60. The van der Waals surface area contributed by atoms with Gasteiger partial charge in [-0.05, 0) is 12.1 Å². The van der Waals surface area contributed by atoms with Gasteiger partial charge in [0.15, 0.2) is 6.10 Å². The summed E-state index contributed by atoms with van der Waals surface area (Å²) in [4.78, 5) is 11.8. The molecule has 1 unspecified atom stereocenters. The molecule has 2 rings (SSSR count). The highest BCUT2D eigenvalue weighted by Gasteiger charge is 2.35. The van der Waals surface area contributed by atoms with Gasteiger partial charge in [-0.25, -0.2) is 0 Å². The molecular weight excluding hydrogens is 272 g/mol. The van der Waals surface area contributed by atoms with Crippen LogP contribution in [0.15, 0.2) is 35.4 Å². The van der Waals surface area contributed by atoms with E-state index >= 15 is 0 Å². The second kappa shape index (κ2) is 5.08. The van der Waals surface area contributed by atoms with Gasteiger partial charge in [0.2, 0.25) is 0 Å². The maximum atomic E-state index is 11.8. The summed E-state index contributed by atoms with van der Waals surface area (Å²) in [7, 11) is -4.16. The summed E-state index contributed by atoms with van der Waals surface area (Å²) in [5.74, 6) is -1.23. The van der Waals surface area contributed by atoms with E-state index in [1.165, 1.54) is 0 Å². The normalized spacial score (nSPS) is 19.7. The number of aliphatic hydroxyl groups is 1. The van der Waals surface area contributed by atoms with Gasteiger partial charge < -0.3 is 5.11 Å². The highest BCUT2D eigenvalue weighted by atomic mass is 32.2. The lowest BCUT2D eigenvalue weighted by molar-refractivity contribution is -0.122. The van der Waals surface area contributed by atoms with Crippen molar-refractivity contribution >= 4 is 27.4 Å². The zero-order valence-electron chi connectivity index (χ0n) is 9.80. The Labute approximate surface area is 109 Å². The lowest BCUT2D eigenvalue weighted by Crippen LogP contribution is -2.32. The topological polar surface area (TPSA) is 107 Å². The molecule has 102 valence electrons. The van der Waals surface area contributed by atoms with Crippen molar-refractivity contribution in [2.24, 2.45) is 5.10 Å². The molecule has 0 bridgehead atoms. The van der Waals surface area contributed by atoms with Crippen LogP contribution in [0.25, 0.3) is 0 Å². The van der Waals surface area contributed by atoms with Crippen molar-refractivity contribution in [1.82, 2.24) is 0 Å². The Balaban J connectivity index is 2.19. The fraction of sp³-hybridized carbons (Fsp3) is 0.273. The second-order valence-corrected chi connectivity index (χ2v) is 5.59. The molecule has 1 aromatic carbocycles. The monoisotopic (exact) mass is 284 g/mol. The Kier molecular flexibility index (Phi) is 3.65. The molecule has 0 fully saturated rings. The Morgan fingerprint density at radius 3 is 2.47 bits per heavy atom. The molecule has 0 aromatic heterocycles. The number of hydrogen-bond acceptors (Lipinski definition) is 5. The molecule has 1 aliphatic heterocycles. The molecule has 1 amide bonds. The lowest BCUT2D eigenvalue weighted by atomic mass is 10.2. The van der Waals surface area contributed by atoms with E-state index in [0.29, 0.717) is 5.69 Å². The van der Waals surface area contributed by atoms with Gasteiger partial charge in [0.1, 0.15) is 0 Å². The summed E-state index contributed by atoms with van der Waals surface area (Å²) in [6.45, 7) is 0. The fourth-order valence-corrected chi connectivity index (χ4v) is 2.13. The Bertz CT molecular complexity index is 611. The van der Waals surface area contributed by atoms with Gasteiger partial charge in [-0.3, -0.25) is 9.35 Å². The van der Waals surface area contributed by atoms with Gasteiger partial charge in [0.05, 0.1) is 17.2 Å². The number of para-hydroxylation sites is 1. The highest BCUT2D eigenvalue weighted by Crippen LogP contribution is 2.21. The maximum absolute atomic E-state index is 11.8. The molecule has 0 spiro atoms. The van der Waals surface area contributed by atoms with Gasteiger partial charge in [0.25, 0.3) is 16.0 Å². The summed E-state index contributed by atoms with van der Waals surface area (Å²) in [5, 5.41) is 14.6. The van der Waals surface area contributed by atoms with Crippen molar-refractivity contribution in [3.63, 3.8) is 0 Å². The molecule has 0 saturated carbocycles. The number of benzene rings is 1. The van der Waals surface area contributed by atoms with Gasteiger partial charge in [-0.15, -0.1) is 0 Å². The van der Waals surface area contributed by atoms with E-state index in [-0.39, 0.29) is 12.1 Å². The van der Waals surface area contributed by atoms with Crippen LogP contribution in [0.5, 0.6) is 0 Å². The SMILES string of the molecule is O=C1C(O)C(CCS(=O)(=O)O)=NN1c1ccccc1. The molecule has 1 atom stereocenters. The summed E-state index contributed by atoms with van der Waals surface area (Å²) < 4.78 is 29.9. The number of anilines is 1. The summed E-state index contributed by atoms with van der Waals surface area (Å²) in [5.41, 5.74) is 0.500. The molecule has 1 aromatic rings. The lowest BCUT2D eigenvalue weighted by Gasteiger charge is -2.11. The molecule has 0 saturated heterocycles. The van der Waals surface area contributed by atoms with E-state index in [1.54, 1.807) is 30.3 Å². The number of carbonyl (C=O) groups is 1. The predicted molar refractivity (Wildman–Crippen MR) is 68.4 cm³/mol. The average Bonchev–Trinajstić information content (AvgIpc) is 2.64. The zero-order valence-corrected chi connectivity index (χ0v) is 10.6. The largest absolute Gasteiger partial charge is 0.377 e. The number of rotatable bonds is 4. The minimum Gasteiger partial charge on any atom is -0.377 e. The molecule has 0 radical (unpaired) electrons. The first kappa shape index (κ1) is 13.7. The van der Waals surface area contributed by atoms with Crippen LogP contribution in [0.1, 0.15) is 6.42 Å². The molecule has 19 heavy (non-hydrogen) atoms. The number of hydrazone groups is 1. The maximum Gasteiger partial charge on any atom is 0.282 e. The van der Waals surface area contributed by atoms with Crippen LogP contribution in [0.2, 0.25) is 0 Å². The molecule has 7 nitrogen and oxygen atoms in total. The van der Waals surface area contributed by atoms with Crippen molar-refractivity contribution < 1.29 is 22.9 Å². The molecule has 1 aliphatic rings. The number of hydrogen-bond donors (Lipinski definition) is 2. The highest BCUT2D eigenvalue weighted by molar-refractivity contribution is 7.85. The van der Waals surface area contributed by atoms with E-state index in [2.05, 4.69) is 5.10 Å². The average molecular weight is 284 g/mol. The Hall–Kier alpha value is -1.77. The summed E-state index contributed by atoms with van der Waals surface area (Å²) >= 11 is 0. The van der Waals surface area contributed by atoms with Crippen LogP contribution in [-0.4, -0.2) is 41.6 Å². The number of nitrogens with zero attached hydrogens (tertiary/aromatic N) is 2. The van der Waals surface area contributed by atoms with E-state index in [9.17, 15) is 18.3 Å². The van der Waals surface area contributed by atoms with E-state index in [4.69, 9.17) is 4.55 Å². The van der Waals surface area contributed by atoms with Gasteiger partial charge in [-0.2, -0.15) is 18.5 Å². The first-order valence-corrected chi connectivity index (χ1v) is 7.09. The summed E-state index contributed by atoms with van der Waals surface area (Å²) in [6.07, 6.45) is -1.67. The number of carbonyl (C=O) groups excluding carboxylic acids is 1. The predicted octanol–water partition coefficient (Wildman–Crippen LogP) is 0.0280. The minimum atomic E-state index is -4.16. The van der Waals surface area contributed by atoms with Crippen molar-refractivity contribution in [2.45, 2.75) is 12.5 Å². The van der Waals surface area contributed by atoms with Crippen molar-refractivity contribution in [3.8, 4) is 0 Å². The van der Waals surface area contributed by atoms with Crippen molar-refractivity contribution in [2.75, 3.05) is 10.8 Å². The van der Waals surface area contributed by atoms with E-state index < -0.39 is 27.9 Å². The Morgan fingerprint density at radius 2 is 1.89 bits per heavy atom. The van der Waals surface area contributed by atoms with Crippen molar-refractivity contribution in [3.05, 3.63) is 30.3 Å². The van der Waals surface area contributed by atoms with Gasteiger partial charge in [0, 0.05) is 6.42 Å². The second-order valence-electron chi connectivity index (χ2n) is 4.02. The third kappa shape index (κ3) is 3.16. The van der Waals surface area contributed by atoms with E-state index in [1.807, 2.05) is 0 Å². The molecule has 1 heterocycles. The number of aliphatic hydroxyl groups excluding tert-OH is 1. The van der Waals surface area contributed by atoms with E-state index in [0.717, 1.165) is 5.01 Å². The molecule has 8 heteroatoms. The zero-order chi connectivity index (χ0) is 14.0. The van der Waals surface area contributed by atoms with Crippen LogP contribution in [0.4, 0.5) is 5.69 Å². The standard InChI is InChI=1S/C11H12N2O5S/c14-10-9(6-7-19(16,17)18)12-13(11(10)15)8-4-2-1-3-5-8/h1-5,10,14H,6-7H2,(H,16,17,18). The smallest absolute Gasteiger partial charge is 0.282 e. The van der Waals surface area contributed by atoms with Gasteiger partial charge >= 0.3 is 0 Å². The number of amides is 1. The van der Waals surface area contributed by atoms with Crippen LogP contribution >= 0.6 is 0 Å². The molecule has 2 N–H and O–H groups in total. The van der Waals surface area contributed by atoms with Crippen LogP contribution in [0.3, 0.4) is 0 Å². The fourth-order valence-electron chi connectivity index (χ4n) is 1.67. The summed E-state index contributed by atoms with van der Waals surface area (Å²) in [6, 6.07) is 8.46. The first-order valence-electron chi connectivity index (χ1n) is 5.48. The van der Waals surface area contributed by atoms with Crippen LogP contribution < -0.4 is 5.01 Å². The van der Waals surface area contributed by atoms with Crippen molar-refractivity contribution in [1.29, 1.82) is 0 Å². The quantitative estimate of drug-likeness (QED) is 0.758.